The first kappa shape index (κ1) is 26.6. The van der Waals surface area contributed by atoms with E-state index in [1.807, 2.05) is 35.7 Å². The van der Waals surface area contributed by atoms with Gasteiger partial charge in [0.15, 0.2) is 11.2 Å². The van der Waals surface area contributed by atoms with Crippen LogP contribution in [0.25, 0.3) is 22.2 Å². The Morgan fingerprint density at radius 3 is 2.71 bits per heavy atom. The molecule has 3 heterocycles. The molecule has 0 saturated carbocycles. The topological polar surface area (TPSA) is 84.4 Å². The fourth-order valence-corrected chi connectivity index (χ4v) is 5.59. The fraction of sp³-hybridized carbons (Fsp3) is 0.286. The van der Waals surface area contributed by atoms with E-state index in [0.29, 0.717) is 39.4 Å². The molecular weight excluding hydrogens is 543 g/mol. The second kappa shape index (κ2) is 11.4. The SMILES string of the molecule is CCC(OC(=O)c1c2c(nc3ccccc13)CCN(CC)C2)C(=O)Nc1nc(-c2ccc(Cl)c(Cl)c2)cs1. The van der Waals surface area contributed by atoms with Crippen molar-refractivity contribution in [3.63, 3.8) is 0 Å². The van der Waals surface area contributed by atoms with Crippen molar-refractivity contribution in [3.05, 3.63) is 74.7 Å². The van der Waals surface area contributed by atoms with Crippen molar-refractivity contribution in [1.82, 2.24) is 14.9 Å². The average Bonchev–Trinajstić information content (AvgIpc) is 3.39. The standard InChI is InChI=1S/C28H26Cl2N4O3S/c1-3-24(26(35)33-28-32-23(15-38-28)16-9-10-19(29)20(30)13-16)37-27(36)25-17-7-5-6-8-21(17)31-22-11-12-34(4-2)14-18(22)25/h5-10,13,15,24H,3-4,11-12,14H2,1-2H3,(H,32,33,35). The fourth-order valence-electron chi connectivity index (χ4n) is 4.56. The van der Waals surface area contributed by atoms with Gasteiger partial charge >= 0.3 is 5.97 Å². The molecule has 5 rings (SSSR count). The first-order valence-corrected chi connectivity index (χ1v) is 14.1. The lowest BCUT2D eigenvalue weighted by Gasteiger charge is -2.29. The van der Waals surface area contributed by atoms with E-state index < -0.39 is 18.0 Å². The molecule has 0 fully saturated rings. The molecule has 7 nitrogen and oxygen atoms in total. The van der Waals surface area contributed by atoms with Crippen molar-refractivity contribution < 1.29 is 14.3 Å². The zero-order valence-electron chi connectivity index (χ0n) is 21.0. The zero-order valence-corrected chi connectivity index (χ0v) is 23.3. The number of halogens is 2. The van der Waals surface area contributed by atoms with Crippen LogP contribution in [0.4, 0.5) is 5.13 Å². The maximum atomic E-state index is 13.6. The Balaban J connectivity index is 1.37. The van der Waals surface area contributed by atoms with Crippen LogP contribution < -0.4 is 5.32 Å². The minimum absolute atomic E-state index is 0.314. The maximum absolute atomic E-state index is 13.6. The number of ether oxygens (including phenoxy) is 1. The van der Waals surface area contributed by atoms with Crippen molar-refractivity contribution in [1.29, 1.82) is 0 Å². The highest BCUT2D eigenvalue weighted by Gasteiger charge is 2.29. The predicted molar refractivity (Wildman–Crippen MR) is 152 cm³/mol. The van der Waals surface area contributed by atoms with Gasteiger partial charge in [0.1, 0.15) is 0 Å². The van der Waals surface area contributed by atoms with Crippen LogP contribution in [0.3, 0.4) is 0 Å². The summed E-state index contributed by atoms with van der Waals surface area (Å²) >= 11 is 13.4. The quantitative estimate of drug-likeness (QED) is 0.252. The van der Waals surface area contributed by atoms with E-state index in [1.165, 1.54) is 11.3 Å². The summed E-state index contributed by atoms with van der Waals surface area (Å²) in [6.45, 7) is 6.29. The lowest BCUT2D eigenvalue weighted by atomic mass is 9.95. The van der Waals surface area contributed by atoms with Crippen molar-refractivity contribution >= 4 is 62.4 Å². The summed E-state index contributed by atoms with van der Waals surface area (Å²) in [7, 11) is 0. The maximum Gasteiger partial charge on any atom is 0.340 e. The lowest BCUT2D eigenvalue weighted by Crippen LogP contribution is -2.35. The number of esters is 1. The Morgan fingerprint density at radius 1 is 1.13 bits per heavy atom. The molecule has 1 aliphatic rings. The Morgan fingerprint density at radius 2 is 1.95 bits per heavy atom. The zero-order chi connectivity index (χ0) is 26.8. The Bertz CT molecular complexity index is 1520. The van der Waals surface area contributed by atoms with E-state index in [4.69, 9.17) is 32.9 Å². The number of hydrogen-bond acceptors (Lipinski definition) is 7. The van der Waals surface area contributed by atoms with Gasteiger partial charge in [-0.05, 0) is 31.2 Å². The van der Waals surface area contributed by atoms with Gasteiger partial charge in [0.25, 0.3) is 5.91 Å². The summed E-state index contributed by atoms with van der Waals surface area (Å²) in [5.74, 6) is -0.950. The number of hydrogen-bond donors (Lipinski definition) is 1. The third-order valence-corrected chi connectivity index (χ3v) is 8.14. The molecule has 2 aromatic heterocycles. The summed E-state index contributed by atoms with van der Waals surface area (Å²) in [6.07, 6.45) is 0.0970. The smallest absolute Gasteiger partial charge is 0.340 e. The summed E-state index contributed by atoms with van der Waals surface area (Å²) in [5.41, 5.74) is 4.47. The molecule has 10 heteroatoms. The van der Waals surface area contributed by atoms with Crippen LogP contribution in [0.15, 0.2) is 47.8 Å². The van der Waals surface area contributed by atoms with E-state index in [1.54, 1.807) is 19.1 Å². The molecule has 1 N–H and O–H groups in total. The number of nitrogens with one attached hydrogen (secondary N) is 1. The first-order valence-electron chi connectivity index (χ1n) is 12.4. The van der Waals surface area contributed by atoms with Crippen LogP contribution in [-0.2, 0) is 22.5 Å². The monoisotopic (exact) mass is 568 g/mol. The number of pyridine rings is 1. The van der Waals surface area contributed by atoms with E-state index >= 15 is 0 Å². The Labute approximate surface area is 234 Å². The van der Waals surface area contributed by atoms with Gasteiger partial charge in [-0.3, -0.25) is 20.0 Å². The number of rotatable bonds is 7. The molecule has 0 spiro atoms. The number of anilines is 1. The minimum Gasteiger partial charge on any atom is -0.449 e. The van der Waals surface area contributed by atoms with Crippen LogP contribution in [0.2, 0.25) is 10.0 Å². The third-order valence-electron chi connectivity index (χ3n) is 6.64. The van der Waals surface area contributed by atoms with E-state index in [-0.39, 0.29) is 0 Å². The van der Waals surface area contributed by atoms with E-state index in [9.17, 15) is 9.59 Å². The second-order valence-corrected chi connectivity index (χ2v) is 10.7. The second-order valence-electron chi connectivity index (χ2n) is 9.01. The molecule has 196 valence electrons. The number of likely N-dealkylation sites (N-methyl/N-ethyl adjacent to an activating group) is 1. The van der Waals surface area contributed by atoms with Gasteiger partial charge in [-0.25, -0.2) is 9.78 Å². The van der Waals surface area contributed by atoms with Crippen LogP contribution in [-0.4, -0.2) is 45.9 Å². The highest BCUT2D eigenvalue weighted by Crippen LogP contribution is 2.31. The molecule has 38 heavy (non-hydrogen) atoms. The number of thiazole rings is 1. The van der Waals surface area contributed by atoms with Crippen molar-refractivity contribution in [2.24, 2.45) is 0 Å². The third kappa shape index (κ3) is 5.40. The highest BCUT2D eigenvalue weighted by molar-refractivity contribution is 7.14. The van der Waals surface area contributed by atoms with Crippen molar-refractivity contribution in [3.8, 4) is 11.3 Å². The van der Waals surface area contributed by atoms with Crippen molar-refractivity contribution in [2.75, 3.05) is 18.4 Å². The largest absolute Gasteiger partial charge is 0.449 e. The van der Waals surface area contributed by atoms with Gasteiger partial charge in [-0.15, -0.1) is 11.3 Å². The van der Waals surface area contributed by atoms with Crippen LogP contribution >= 0.6 is 34.5 Å². The summed E-state index contributed by atoms with van der Waals surface area (Å²) in [6, 6.07) is 12.8. The molecular formula is C28H26Cl2N4O3S. The number of carbonyl (C=O) groups excluding carboxylic acids is 2. The van der Waals surface area contributed by atoms with Crippen LogP contribution in [0, 0.1) is 0 Å². The number of amides is 1. The molecule has 0 bridgehead atoms. The summed E-state index contributed by atoms with van der Waals surface area (Å²) in [5, 5.41) is 6.62. The molecule has 1 aliphatic heterocycles. The van der Waals surface area contributed by atoms with Gasteiger partial charge < -0.3 is 4.74 Å². The molecule has 0 radical (unpaired) electrons. The van der Waals surface area contributed by atoms with Gasteiger partial charge in [0, 0.05) is 47.1 Å². The predicted octanol–water partition coefficient (Wildman–Crippen LogP) is 6.62. The average molecular weight is 570 g/mol. The van der Waals surface area contributed by atoms with Crippen LogP contribution in [0.1, 0.15) is 41.9 Å². The molecule has 1 atom stereocenters. The summed E-state index contributed by atoms with van der Waals surface area (Å²) in [4.78, 5) is 38.3. The molecule has 0 saturated heterocycles. The molecule has 4 aromatic rings. The summed E-state index contributed by atoms with van der Waals surface area (Å²) < 4.78 is 5.83. The molecule has 0 aliphatic carbocycles. The van der Waals surface area contributed by atoms with Gasteiger partial charge in [-0.1, -0.05) is 61.3 Å². The highest BCUT2D eigenvalue weighted by atomic mass is 35.5. The normalized spacial score (nSPS) is 14.2. The van der Waals surface area contributed by atoms with E-state index in [0.717, 1.165) is 47.2 Å². The molecule has 1 amide bonds. The molecule has 1 unspecified atom stereocenters. The van der Waals surface area contributed by atoms with E-state index in [2.05, 4.69) is 22.1 Å². The van der Waals surface area contributed by atoms with Crippen LogP contribution in [0.5, 0.6) is 0 Å². The van der Waals surface area contributed by atoms with Gasteiger partial charge in [0.2, 0.25) is 0 Å². The minimum atomic E-state index is -0.978. The molecule has 2 aromatic carbocycles. The number of para-hydroxylation sites is 1. The van der Waals surface area contributed by atoms with Gasteiger partial charge in [0.05, 0.1) is 26.8 Å². The van der Waals surface area contributed by atoms with Crippen molar-refractivity contribution in [2.45, 2.75) is 39.3 Å². The van der Waals surface area contributed by atoms with Gasteiger partial charge in [-0.2, -0.15) is 0 Å². The number of nitrogens with zero attached hydrogens (tertiary/aromatic N) is 3. The number of benzene rings is 2. The Hall–Kier alpha value is -3.04. The Kier molecular flexibility index (Phi) is 7.95. The lowest BCUT2D eigenvalue weighted by molar-refractivity contribution is -0.124. The number of fused-ring (bicyclic) bond motifs is 2. The number of aromatic nitrogens is 2. The first-order chi connectivity index (χ1) is 18.4. The number of carbonyl (C=O) groups is 2.